The Kier molecular flexibility index (Phi) is 5.63. The highest BCUT2D eigenvalue weighted by Crippen LogP contribution is 2.17. The van der Waals surface area contributed by atoms with Gasteiger partial charge in [0.05, 0.1) is 10.6 Å². The lowest BCUT2D eigenvalue weighted by atomic mass is 10.3. The first-order valence-electron chi connectivity index (χ1n) is 6.92. The fourth-order valence-electron chi connectivity index (χ4n) is 1.79. The number of rotatable bonds is 6. The van der Waals surface area contributed by atoms with E-state index in [0.29, 0.717) is 16.5 Å². The van der Waals surface area contributed by atoms with Crippen LogP contribution in [0.1, 0.15) is 6.92 Å². The maximum absolute atomic E-state index is 11.8. The molecular formula is C16H16ClNO4S. The Morgan fingerprint density at radius 1 is 1.09 bits per heavy atom. The normalized spacial score (nSPS) is 11.0. The van der Waals surface area contributed by atoms with Gasteiger partial charge in [0.25, 0.3) is 5.91 Å². The number of ether oxygens (including phenoxy) is 1. The van der Waals surface area contributed by atoms with Crippen LogP contribution in [0.4, 0.5) is 5.69 Å². The summed E-state index contributed by atoms with van der Waals surface area (Å²) in [7, 11) is -3.24. The van der Waals surface area contributed by atoms with Gasteiger partial charge in [0.1, 0.15) is 5.75 Å². The summed E-state index contributed by atoms with van der Waals surface area (Å²) in [6, 6.07) is 12.7. The van der Waals surface area contributed by atoms with Gasteiger partial charge in [-0.2, -0.15) is 0 Å². The summed E-state index contributed by atoms with van der Waals surface area (Å²) in [5.74, 6) is 0.230. The fourth-order valence-corrected chi connectivity index (χ4v) is 2.80. The van der Waals surface area contributed by atoms with Crippen LogP contribution in [0.15, 0.2) is 53.4 Å². The monoisotopic (exact) mass is 353 g/mol. The van der Waals surface area contributed by atoms with Crippen molar-refractivity contribution in [2.45, 2.75) is 11.8 Å². The number of sulfone groups is 1. The Hall–Kier alpha value is -2.05. The van der Waals surface area contributed by atoms with E-state index in [4.69, 9.17) is 16.3 Å². The SMILES string of the molecule is CCS(=O)(=O)c1ccc(NC(=O)COc2ccc(Cl)cc2)cc1. The third kappa shape index (κ3) is 4.97. The van der Waals surface area contributed by atoms with Crippen molar-refractivity contribution in [3.8, 4) is 5.75 Å². The average molecular weight is 354 g/mol. The molecule has 0 bridgehead atoms. The van der Waals surface area contributed by atoms with E-state index in [1.165, 1.54) is 12.1 Å². The number of anilines is 1. The summed E-state index contributed by atoms with van der Waals surface area (Å²) in [6.07, 6.45) is 0. The second-order valence-electron chi connectivity index (χ2n) is 4.72. The molecule has 0 heterocycles. The van der Waals surface area contributed by atoms with Crippen molar-refractivity contribution in [3.63, 3.8) is 0 Å². The topological polar surface area (TPSA) is 72.5 Å². The Bertz CT molecular complexity index is 771. The summed E-state index contributed by atoms with van der Waals surface area (Å²) in [5, 5.41) is 3.22. The third-order valence-corrected chi connectivity index (χ3v) is 5.06. The number of halogens is 1. The van der Waals surface area contributed by atoms with Gasteiger partial charge >= 0.3 is 0 Å². The zero-order chi connectivity index (χ0) is 16.9. The lowest BCUT2D eigenvalue weighted by Gasteiger charge is -2.08. The minimum Gasteiger partial charge on any atom is -0.484 e. The van der Waals surface area contributed by atoms with E-state index < -0.39 is 9.84 Å². The fraction of sp³-hybridized carbons (Fsp3) is 0.188. The molecule has 0 spiro atoms. The second-order valence-corrected chi connectivity index (χ2v) is 7.43. The molecule has 1 amide bonds. The summed E-state index contributed by atoms with van der Waals surface area (Å²) in [4.78, 5) is 12.0. The lowest BCUT2D eigenvalue weighted by molar-refractivity contribution is -0.118. The minimum absolute atomic E-state index is 0.0354. The van der Waals surface area contributed by atoms with Crippen LogP contribution >= 0.6 is 11.6 Å². The molecule has 7 heteroatoms. The zero-order valence-electron chi connectivity index (χ0n) is 12.5. The van der Waals surface area contributed by atoms with Crippen LogP contribution in [-0.2, 0) is 14.6 Å². The van der Waals surface area contributed by atoms with Gasteiger partial charge in [-0.3, -0.25) is 4.79 Å². The van der Waals surface area contributed by atoms with Gasteiger partial charge in [-0.15, -0.1) is 0 Å². The number of benzene rings is 2. The molecule has 0 saturated heterocycles. The lowest BCUT2D eigenvalue weighted by Crippen LogP contribution is -2.20. The van der Waals surface area contributed by atoms with E-state index in [2.05, 4.69) is 5.32 Å². The van der Waals surface area contributed by atoms with Gasteiger partial charge in [0.2, 0.25) is 0 Å². The first kappa shape index (κ1) is 17.3. The van der Waals surface area contributed by atoms with Gasteiger partial charge in [0.15, 0.2) is 16.4 Å². The number of hydrogen-bond donors (Lipinski definition) is 1. The molecule has 0 unspecified atom stereocenters. The van der Waals surface area contributed by atoms with Gasteiger partial charge in [-0.1, -0.05) is 18.5 Å². The first-order chi connectivity index (χ1) is 10.9. The zero-order valence-corrected chi connectivity index (χ0v) is 14.0. The Labute approximate surface area is 140 Å². The third-order valence-electron chi connectivity index (χ3n) is 3.06. The smallest absolute Gasteiger partial charge is 0.262 e. The Balaban J connectivity index is 1.91. The predicted octanol–water partition coefficient (Wildman–Crippen LogP) is 3.15. The summed E-state index contributed by atoms with van der Waals surface area (Å²) in [5.41, 5.74) is 0.504. The first-order valence-corrected chi connectivity index (χ1v) is 8.95. The maximum Gasteiger partial charge on any atom is 0.262 e. The highest BCUT2D eigenvalue weighted by Gasteiger charge is 2.11. The van der Waals surface area contributed by atoms with Crippen LogP contribution in [0.2, 0.25) is 5.02 Å². The largest absolute Gasteiger partial charge is 0.484 e. The summed E-state index contributed by atoms with van der Waals surface area (Å²) >= 11 is 5.76. The van der Waals surface area contributed by atoms with Crippen LogP contribution in [-0.4, -0.2) is 26.7 Å². The standard InChI is InChI=1S/C16H16ClNO4S/c1-2-23(20,21)15-9-5-13(6-10-15)18-16(19)11-22-14-7-3-12(17)4-8-14/h3-10H,2,11H2,1H3,(H,18,19). The van der Waals surface area contributed by atoms with E-state index in [-0.39, 0.29) is 23.2 Å². The number of amides is 1. The molecule has 0 aromatic heterocycles. The van der Waals surface area contributed by atoms with Crippen molar-refractivity contribution in [1.82, 2.24) is 0 Å². The molecule has 2 rings (SSSR count). The molecule has 0 aliphatic carbocycles. The molecule has 0 fully saturated rings. The molecule has 2 aromatic carbocycles. The van der Waals surface area contributed by atoms with E-state index in [9.17, 15) is 13.2 Å². The molecule has 0 atom stereocenters. The van der Waals surface area contributed by atoms with Crippen LogP contribution in [0.3, 0.4) is 0 Å². The Morgan fingerprint density at radius 3 is 2.26 bits per heavy atom. The molecule has 23 heavy (non-hydrogen) atoms. The van der Waals surface area contributed by atoms with E-state index in [1.807, 2.05) is 0 Å². The maximum atomic E-state index is 11.8. The molecule has 0 aliphatic rings. The highest BCUT2D eigenvalue weighted by atomic mass is 35.5. The van der Waals surface area contributed by atoms with Crippen molar-refractivity contribution in [3.05, 3.63) is 53.6 Å². The number of carbonyl (C=O) groups excluding carboxylic acids is 1. The number of carbonyl (C=O) groups is 1. The number of nitrogens with one attached hydrogen (secondary N) is 1. The van der Waals surface area contributed by atoms with Gasteiger partial charge in [-0.25, -0.2) is 8.42 Å². The molecule has 0 aliphatic heterocycles. The number of hydrogen-bond acceptors (Lipinski definition) is 4. The molecule has 0 radical (unpaired) electrons. The second kappa shape index (κ2) is 7.48. The van der Waals surface area contributed by atoms with E-state index in [1.54, 1.807) is 43.3 Å². The average Bonchev–Trinajstić information content (AvgIpc) is 2.55. The molecule has 2 aromatic rings. The van der Waals surface area contributed by atoms with Gasteiger partial charge < -0.3 is 10.1 Å². The molecular weight excluding hydrogens is 338 g/mol. The van der Waals surface area contributed by atoms with Crippen molar-refractivity contribution in [2.24, 2.45) is 0 Å². The molecule has 1 N–H and O–H groups in total. The van der Waals surface area contributed by atoms with Crippen LogP contribution in [0.5, 0.6) is 5.75 Å². The van der Waals surface area contributed by atoms with E-state index >= 15 is 0 Å². The van der Waals surface area contributed by atoms with Crippen molar-refractivity contribution < 1.29 is 17.9 Å². The van der Waals surface area contributed by atoms with Gasteiger partial charge in [-0.05, 0) is 48.5 Å². The van der Waals surface area contributed by atoms with Crippen LogP contribution in [0.25, 0.3) is 0 Å². The minimum atomic E-state index is -3.24. The van der Waals surface area contributed by atoms with Crippen molar-refractivity contribution >= 4 is 33.0 Å². The van der Waals surface area contributed by atoms with E-state index in [0.717, 1.165) is 0 Å². The van der Waals surface area contributed by atoms with Crippen LogP contribution < -0.4 is 10.1 Å². The quantitative estimate of drug-likeness (QED) is 0.865. The highest BCUT2D eigenvalue weighted by molar-refractivity contribution is 7.91. The summed E-state index contributed by atoms with van der Waals surface area (Å²) < 4.78 is 28.7. The summed E-state index contributed by atoms with van der Waals surface area (Å²) in [6.45, 7) is 1.43. The van der Waals surface area contributed by atoms with Crippen LogP contribution in [0, 0.1) is 0 Å². The van der Waals surface area contributed by atoms with Gasteiger partial charge in [0, 0.05) is 10.7 Å². The molecule has 5 nitrogen and oxygen atoms in total. The predicted molar refractivity (Wildman–Crippen MR) is 89.7 cm³/mol. The Morgan fingerprint density at radius 2 is 1.70 bits per heavy atom. The van der Waals surface area contributed by atoms with Crippen molar-refractivity contribution in [1.29, 1.82) is 0 Å². The van der Waals surface area contributed by atoms with Crippen molar-refractivity contribution in [2.75, 3.05) is 17.7 Å². The molecule has 0 saturated carbocycles. The molecule has 122 valence electrons.